The van der Waals surface area contributed by atoms with E-state index in [0.717, 1.165) is 0 Å². The number of aromatic amines is 1. The van der Waals surface area contributed by atoms with E-state index in [4.69, 9.17) is 11.5 Å². The molecule has 0 aliphatic heterocycles. The number of H-pyrrole nitrogens is 1. The van der Waals surface area contributed by atoms with Crippen molar-refractivity contribution in [2.24, 2.45) is 11.5 Å². The summed E-state index contributed by atoms with van der Waals surface area (Å²) >= 11 is 0. The highest BCUT2D eigenvalue weighted by molar-refractivity contribution is 5.91. The quantitative estimate of drug-likeness (QED) is 0.265. The Morgan fingerprint density at radius 1 is 1.25 bits per heavy atom. The second-order valence-electron chi connectivity index (χ2n) is 5.01. The number of carboxylic acids is 1. The molecule has 11 heteroatoms. The van der Waals surface area contributed by atoms with Crippen molar-refractivity contribution in [3.63, 3.8) is 0 Å². The van der Waals surface area contributed by atoms with Gasteiger partial charge in [-0.05, 0) is 6.42 Å². The van der Waals surface area contributed by atoms with Crippen molar-refractivity contribution in [2.75, 3.05) is 6.54 Å². The first-order valence-corrected chi connectivity index (χ1v) is 7.11. The summed E-state index contributed by atoms with van der Waals surface area (Å²) in [7, 11) is 0. The van der Waals surface area contributed by atoms with Crippen LogP contribution < -0.4 is 22.1 Å². The molecule has 0 fully saturated rings. The lowest BCUT2D eigenvalue weighted by Gasteiger charge is -2.20. The van der Waals surface area contributed by atoms with Crippen molar-refractivity contribution < 1.29 is 24.3 Å². The van der Waals surface area contributed by atoms with E-state index in [9.17, 15) is 24.3 Å². The molecule has 24 heavy (non-hydrogen) atoms. The van der Waals surface area contributed by atoms with Crippen molar-refractivity contribution in [3.8, 4) is 0 Å². The maximum Gasteiger partial charge on any atom is 0.326 e. The number of rotatable bonds is 10. The summed E-state index contributed by atoms with van der Waals surface area (Å²) in [5.41, 5.74) is 10.7. The van der Waals surface area contributed by atoms with E-state index in [1.807, 2.05) is 0 Å². The van der Waals surface area contributed by atoms with Crippen LogP contribution in [0.5, 0.6) is 0 Å². The number of aromatic nitrogens is 2. The molecule has 2 atom stereocenters. The van der Waals surface area contributed by atoms with Gasteiger partial charge in [-0.3, -0.25) is 14.4 Å². The third kappa shape index (κ3) is 6.44. The van der Waals surface area contributed by atoms with Crippen LogP contribution in [0.1, 0.15) is 18.5 Å². The number of imidazole rings is 1. The number of nitrogens with one attached hydrogen (secondary N) is 3. The van der Waals surface area contributed by atoms with Gasteiger partial charge in [-0.2, -0.15) is 0 Å². The maximum absolute atomic E-state index is 12.2. The molecule has 0 aliphatic rings. The van der Waals surface area contributed by atoms with Gasteiger partial charge in [0.1, 0.15) is 12.1 Å². The van der Waals surface area contributed by atoms with Gasteiger partial charge in [-0.15, -0.1) is 0 Å². The number of aliphatic carboxylic acids is 1. The fraction of sp³-hybridized carbons (Fsp3) is 0.462. The van der Waals surface area contributed by atoms with Crippen LogP contribution in [0, 0.1) is 0 Å². The molecule has 0 saturated carbocycles. The predicted molar refractivity (Wildman–Crippen MR) is 81.3 cm³/mol. The zero-order chi connectivity index (χ0) is 18.1. The third-order valence-corrected chi connectivity index (χ3v) is 3.11. The van der Waals surface area contributed by atoms with Crippen molar-refractivity contribution in [1.82, 2.24) is 20.6 Å². The highest BCUT2D eigenvalue weighted by atomic mass is 16.4. The molecule has 1 rings (SSSR count). The lowest BCUT2D eigenvalue weighted by atomic mass is 10.1. The number of carbonyl (C=O) groups is 4. The number of primary amides is 1. The van der Waals surface area contributed by atoms with Crippen LogP contribution in [0.2, 0.25) is 0 Å². The summed E-state index contributed by atoms with van der Waals surface area (Å²) in [4.78, 5) is 52.3. The van der Waals surface area contributed by atoms with Crippen LogP contribution in [-0.4, -0.2) is 57.4 Å². The minimum atomic E-state index is -1.25. The van der Waals surface area contributed by atoms with E-state index in [1.165, 1.54) is 12.5 Å². The molecule has 0 saturated heterocycles. The number of nitrogens with zero attached hydrogens (tertiary/aromatic N) is 1. The lowest BCUT2D eigenvalue weighted by molar-refractivity contribution is -0.142. The van der Waals surface area contributed by atoms with Crippen LogP contribution in [0.15, 0.2) is 12.5 Å². The SMILES string of the molecule is NCC(=O)N[C@@H](CCC(N)=O)C(=O)N[C@@H](Cc1cnc[nH]1)C(=O)O. The molecule has 1 aromatic heterocycles. The summed E-state index contributed by atoms with van der Waals surface area (Å²) in [5.74, 6) is -3.26. The van der Waals surface area contributed by atoms with E-state index in [-0.39, 0.29) is 25.8 Å². The highest BCUT2D eigenvalue weighted by Crippen LogP contribution is 2.02. The van der Waals surface area contributed by atoms with E-state index in [0.29, 0.717) is 5.69 Å². The molecular formula is C13H20N6O5. The van der Waals surface area contributed by atoms with Gasteiger partial charge in [0, 0.05) is 24.7 Å². The average Bonchev–Trinajstić information content (AvgIpc) is 3.02. The minimum absolute atomic E-state index is 0.0194. The van der Waals surface area contributed by atoms with Crippen molar-refractivity contribution >= 4 is 23.7 Å². The molecule has 0 aromatic carbocycles. The minimum Gasteiger partial charge on any atom is -0.480 e. The highest BCUT2D eigenvalue weighted by Gasteiger charge is 2.27. The van der Waals surface area contributed by atoms with Crippen LogP contribution >= 0.6 is 0 Å². The molecule has 132 valence electrons. The van der Waals surface area contributed by atoms with E-state index < -0.39 is 35.8 Å². The van der Waals surface area contributed by atoms with Gasteiger partial charge in [-0.1, -0.05) is 0 Å². The third-order valence-electron chi connectivity index (χ3n) is 3.11. The number of carbonyl (C=O) groups excluding carboxylic acids is 3. The van der Waals surface area contributed by atoms with E-state index in [2.05, 4.69) is 20.6 Å². The predicted octanol–water partition coefficient (Wildman–Crippen LogP) is -2.77. The number of hydrogen-bond acceptors (Lipinski definition) is 6. The Bertz CT molecular complexity index is 588. The second kappa shape index (κ2) is 9.25. The largest absolute Gasteiger partial charge is 0.480 e. The van der Waals surface area contributed by atoms with Gasteiger partial charge in [0.15, 0.2) is 0 Å². The molecule has 0 unspecified atom stereocenters. The Kier molecular flexibility index (Phi) is 7.36. The maximum atomic E-state index is 12.2. The Morgan fingerprint density at radius 2 is 1.96 bits per heavy atom. The molecule has 1 heterocycles. The molecule has 0 radical (unpaired) electrons. The molecule has 0 aliphatic carbocycles. The Morgan fingerprint density at radius 3 is 2.46 bits per heavy atom. The summed E-state index contributed by atoms with van der Waals surface area (Å²) < 4.78 is 0. The van der Waals surface area contributed by atoms with Crippen molar-refractivity contribution in [1.29, 1.82) is 0 Å². The second-order valence-corrected chi connectivity index (χ2v) is 5.01. The van der Waals surface area contributed by atoms with Crippen LogP contribution in [0.4, 0.5) is 0 Å². The monoisotopic (exact) mass is 340 g/mol. The number of amides is 3. The van der Waals surface area contributed by atoms with Gasteiger partial charge in [0.25, 0.3) is 0 Å². The first kappa shape index (κ1) is 19.1. The van der Waals surface area contributed by atoms with Gasteiger partial charge in [0.05, 0.1) is 12.9 Å². The molecule has 8 N–H and O–H groups in total. The van der Waals surface area contributed by atoms with Gasteiger partial charge in [0.2, 0.25) is 17.7 Å². The smallest absolute Gasteiger partial charge is 0.326 e. The summed E-state index contributed by atoms with van der Waals surface area (Å²) in [6.45, 7) is -0.350. The molecular weight excluding hydrogens is 320 g/mol. The first-order valence-electron chi connectivity index (χ1n) is 7.11. The van der Waals surface area contributed by atoms with Gasteiger partial charge >= 0.3 is 5.97 Å². The number of carboxylic acid groups (broad SMARTS) is 1. The van der Waals surface area contributed by atoms with Crippen molar-refractivity contribution in [3.05, 3.63) is 18.2 Å². The fourth-order valence-electron chi connectivity index (χ4n) is 1.90. The first-order chi connectivity index (χ1) is 11.3. The normalized spacial score (nSPS) is 12.9. The fourth-order valence-corrected chi connectivity index (χ4v) is 1.90. The summed E-state index contributed by atoms with van der Waals surface area (Å²) in [5, 5.41) is 13.9. The molecule has 3 amide bonds. The molecule has 11 nitrogen and oxygen atoms in total. The van der Waals surface area contributed by atoms with Gasteiger partial charge in [-0.25, -0.2) is 9.78 Å². The topological polar surface area (TPSA) is 193 Å². The lowest BCUT2D eigenvalue weighted by Crippen LogP contribution is -2.53. The molecule has 0 spiro atoms. The van der Waals surface area contributed by atoms with Crippen LogP contribution in [0.25, 0.3) is 0 Å². The number of nitrogens with two attached hydrogens (primary N) is 2. The zero-order valence-corrected chi connectivity index (χ0v) is 12.8. The molecule has 1 aromatic rings. The summed E-state index contributed by atoms with van der Waals surface area (Å²) in [6, 6.07) is -2.35. The standard InChI is InChI=1S/C13H20N6O5/c14-4-11(21)18-8(1-2-10(15)20)12(22)19-9(13(23)24)3-7-5-16-6-17-7/h5-6,8-9H,1-4,14H2,(H2,15,20)(H,16,17)(H,18,21)(H,19,22)(H,23,24)/t8-,9-/m0/s1. The van der Waals surface area contributed by atoms with Gasteiger partial charge < -0.3 is 32.2 Å². The average molecular weight is 340 g/mol. The van der Waals surface area contributed by atoms with Crippen LogP contribution in [-0.2, 0) is 25.6 Å². The Balaban J connectivity index is 2.75. The Labute approximate surface area is 137 Å². The van der Waals surface area contributed by atoms with Crippen LogP contribution in [0.3, 0.4) is 0 Å². The number of hydrogen-bond donors (Lipinski definition) is 6. The molecule has 0 bridgehead atoms. The summed E-state index contributed by atoms with van der Waals surface area (Å²) in [6.07, 6.45) is 2.58. The van der Waals surface area contributed by atoms with Crippen molar-refractivity contribution in [2.45, 2.75) is 31.3 Å². The zero-order valence-electron chi connectivity index (χ0n) is 12.8. The van der Waals surface area contributed by atoms with E-state index in [1.54, 1.807) is 0 Å². The Hall–Kier alpha value is -2.95. The van der Waals surface area contributed by atoms with E-state index >= 15 is 0 Å².